The summed E-state index contributed by atoms with van der Waals surface area (Å²) < 4.78 is 1.01. The van der Waals surface area contributed by atoms with E-state index in [1.807, 2.05) is 48.5 Å². The predicted octanol–water partition coefficient (Wildman–Crippen LogP) is 4.29. The van der Waals surface area contributed by atoms with E-state index >= 15 is 0 Å². The van der Waals surface area contributed by atoms with Crippen LogP contribution >= 0.6 is 15.9 Å². The van der Waals surface area contributed by atoms with Gasteiger partial charge in [-0.2, -0.15) is 4.98 Å². The summed E-state index contributed by atoms with van der Waals surface area (Å²) >= 11 is 3.45. The Balaban J connectivity index is 1.82. The van der Waals surface area contributed by atoms with E-state index in [-0.39, 0.29) is 0 Å². The zero-order chi connectivity index (χ0) is 13.9. The number of hydrogen-bond donors (Lipinski definition) is 2. The number of nitrogens with zero attached hydrogens (tertiary/aromatic N) is 2. The second-order valence-electron chi connectivity index (χ2n) is 4.51. The Hall–Kier alpha value is -2.14. The lowest BCUT2D eigenvalue weighted by atomic mass is 10.2. The first-order chi connectivity index (χ1) is 9.70. The first kappa shape index (κ1) is 12.9. The van der Waals surface area contributed by atoms with Gasteiger partial charge in [0.25, 0.3) is 0 Å². The van der Waals surface area contributed by atoms with Gasteiger partial charge in [-0.3, -0.25) is 5.10 Å². The summed E-state index contributed by atoms with van der Waals surface area (Å²) in [5, 5.41) is 10.3. The first-order valence-electron chi connectivity index (χ1n) is 6.23. The van der Waals surface area contributed by atoms with Crippen LogP contribution in [-0.2, 0) is 0 Å². The lowest BCUT2D eigenvalue weighted by molar-refractivity contribution is 1.10. The molecule has 0 amide bonds. The van der Waals surface area contributed by atoms with Crippen LogP contribution in [0.15, 0.2) is 53.0 Å². The second-order valence-corrected chi connectivity index (χ2v) is 5.42. The molecule has 0 bridgehead atoms. The Labute approximate surface area is 125 Å². The molecule has 1 heterocycles. The molecule has 100 valence electrons. The average molecular weight is 329 g/mol. The third-order valence-corrected chi connectivity index (χ3v) is 3.38. The number of benzene rings is 2. The highest BCUT2D eigenvalue weighted by Gasteiger charge is 2.06. The van der Waals surface area contributed by atoms with Crippen LogP contribution < -0.4 is 5.32 Å². The van der Waals surface area contributed by atoms with Crippen molar-refractivity contribution in [2.75, 3.05) is 5.32 Å². The van der Waals surface area contributed by atoms with Gasteiger partial charge in [0.2, 0.25) is 5.95 Å². The monoisotopic (exact) mass is 328 g/mol. The van der Waals surface area contributed by atoms with Crippen LogP contribution in [0.4, 0.5) is 11.6 Å². The normalized spacial score (nSPS) is 10.5. The van der Waals surface area contributed by atoms with Crippen LogP contribution in [0.1, 0.15) is 5.56 Å². The number of H-pyrrole nitrogens is 1. The highest BCUT2D eigenvalue weighted by atomic mass is 79.9. The molecule has 3 rings (SSSR count). The largest absolute Gasteiger partial charge is 0.323 e. The molecule has 4 nitrogen and oxygen atoms in total. The molecule has 0 saturated heterocycles. The number of rotatable bonds is 3. The van der Waals surface area contributed by atoms with E-state index in [4.69, 9.17) is 0 Å². The highest BCUT2D eigenvalue weighted by Crippen LogP contribution is 2.21. The van der Waals surface area contributed by atoms with Crippen molar-refractivity contribution in [2.24, 2.45) is 0 Å². The van der Waals surface area contributed by atoms with Gasteiger partial charge in [0.05, 0.1) is 0 Å². The number of aromatic amines is 1. The van der Waals surface area contributed by atoms with Crippen molar-refractivity contribution < 1.29 is 0 Å². The Morgan fingerprint density at radius 3 is 2.65 bits per heavy atom. The van der Waals surface area contributed by atoms with Crippen LogP contribution in [0.3, 0.4) is 0 Å². The van der Waals surface area contributed by atoms with Crippen molar-refractivity contribution in [3.05, 3.63) is 58.6 Å². The first-order valence-corrected chi connectivity index (χ1v) is 7.02. The van der Waals surface area contributed by atoms with Gasteiger partial charge in [0.1, 0.15) is 0 Å². The van der Waals surface area contributed by atoms with Gasteiger partial charge < -0.3 is 5.32 Å². The predicted molar refractivity (Wildman–Crippen MR) is 84.0 cm³/mol. The molecule has 0 fully saturated rings. The minimum atomic E-state index is 0.559. The average Bonchev–Trinajstić information content (AvgIpc) is 2.90. The fourth-order valence-electron chi connectivity index (χ4n) is 1.85. The third kappa shape index (κ3) is 2.88. The summed E-state index contributed by atoms with van der Waals surface area (Å²) in [6.45, 7) is 2.06. The molecule has 0 aliphatic carbocycles. The molecule has 0 atom stereocenters. The molecule has 0 aliphatic heterocycles. The number of aromatic nitrogens is 3. The maximum Gasteiger partial charge on any atom is 0.246 e. The quantitative estimate of drug-likeness (QED) is 0.754. The summed E-state index contributed by atoms with van der Waals surface area (Å²) in [4.78, 5) is 4.44. The van der Waals surface area contributed by atoms with Gasteiger partial charge in [-0.25, -0.2) is 0 Å². The molecule has 1 aromatic heterocycles. The maximum absolute atomic E-state index is 4.44. The number of hydrogen-bond acceptors (Lipinski definition) is 3. The molecular formula is C15H13BrN4. The maximum atomic E-state index is 4.44. The van der Waals surface area contributed by atoms with E-state index in [1.165, 1.54) is 5.56 Å². The summed E-state index contributed by atoms with van der Waals surface area (Å²) in [6.07, 6.45) is 0. The number of nitrogens with one attached hydrogen (secondary N) is 2. The summed E-state index contributed by atoms with van der Waals surface area (Å²) in [5.74, 6) is 1.30. The second kappa shape index (κ2) is 5.46. The Kier molecular flexibility index (Phi) is 3.52. The van der Waals surface area contributed by atoms with E-state index in [2.05, 4.69) is 43.4 Å². The van der Waals surface area contributed by atoms with Gasteiger partial charge in [-0.1, -0.05) is 45.8 Å². The van der Waals surface area contributed by atoms with Gasteiger partial charge in [-0.05, 0) is 31.2 Å². The Morgan fingerprint density at radius 1 is 1.10 bits per heavy atom. The number of halogens is 1. The van der Waals surface area contributed by atoms with Crippen molar-refractivity contribution in [2.45, 2.75) is 6.92 Å². The summed E-state index contributed by atoms with van der Waals surface area (Å²) in [6, 6.07) is 16.0. The van der Waals surface area contributed by atoms with Gasteiger partial charge in [-0.15, -0.1) is 5.10 Å². The van der Waals surface area contributed by atoms with Crippen LogP contribution in [-0.4, -0.2) is 15.2 Å². The molecule has 0 unspecified atom stereocenters. The molecule has 0 saturated carbocycles. The summed E-state index contributed by atoms with van der Waals surface area (Å²) in [7, 11) is 0. The lowest BCUT2D eigenvalue weighted by Crippen LogP contribution is -1.92. The molecule has 2 aromatic carbocycles. The van der Waals surface area contributed by atoms with E-state index in [0.717, 1.165) is 21.5 Å². The molecule has 20 heavy (non-hydrogen) atoms. The van der Waals surface area contributed by atoms with Crippen molar-refractivity contribution in [3.8, 4) is 11.4 Å². The smallest absolute Gasteiger partial charge is 0.246 e. The molecule has 0 spiro atoms. The molecule has 5 heteroatoms. The van der Waals surface area contributed by atoms with E-state index in [1.54, 1.807) is 0 Å². The fraction of sp³-hybridized carbons (Fsp3) is 0.0667. The van der Waals surface area contributed by atoms with Crippen molar-refractivity contribution in [1.82, 2.24) is 15.2 Å². The molecule has 0 aliphatic rings. The third-order valence-electron chi connectivity index (χ3n) is 2.89. The van der Waals surface area contributed by atoms with E-state index in [9.17, 15) is 0 Å². The zero-order valence-electron chi connectivity index (χ0n) is 10.9. The molecule has 2 N–H and O–H groups in total. The van der Waals surface area contributed by atoms with Crippen molar-refractivity contribution in [1.29, 1.82) is 0 Å². The number of aryl methyl sites for hydroxylation is 1. The van der Waals surface area contributed by atoms with Crippen molar-refractivity contribution in [3.63, 3.8) is 0 Å². The Morgan fingerprint density at radius 2 is 1.90 bits per heavy atom. The minimum absolute atomic E-state index is 0.559. The standard InChI is InChI=1S/C15H13BrN4/c1-10-5-7-13(8-6-10)17-15-18-14(19-20-15)11-3-2-4-12(16)9-11/h2-9H,1H3,(H2,17,18,19,20). The van der Waals surface area contributed by atoms with Crippen LogP contribution in [0.25, 0.3) is 11.4 Å². The number of anilines is 2. The fourth-order valence-corrected chi connectivity index (χ4v) is 2.25. The van der Waals surface area contributed by atoms with Crippen molar-refractivity contribution >= 4 is 27.6 Å². The van der Waals surface area contributed by atoms with Gasteiger partial charge in [0, 0.05) is 15.7 Å². The zero-order valence-corrected chi connectivity index (χ0v) is 12.5. The lowest BCUT2D eigenvalue weighted by Gasteiger charge is -2.01. The topological polar surface area (TPSA) is 53.6 Å². The van der Waals surface area contributed by atoms with Gasteiger partial charge in [0.15, 0.2) is 5.82 Å². The SMILES string of the molecule is Cc1ccc(Nc2n[nH]c(-c3cccc(Br)c3)n2)cc1. The summed E-state index contributed by atoms with van der Waals surface area (Å²) in [5.41, 5.74) is 3.18. The van der Waals surface area contributed by atoms with Gasteiger partial charge >= 0.3 is 0 Å². The van der Waals surface area contributed by atoms with E-state index in [0.29, 0.717) is 5.95 Å². The minimum Gasteiger partial charge on any atom is -0.323 e. The molecule has 3 aromatic rings. The molecular weight excluding hydrogens is 316 g/mol. The van der Waals surface area contributed by atoms with Crippen LogP contribution in [0, 0.1) is 6.92 Å². The van der Waals surface area contributed by atoms with Crippen LogP contribution in [0.2, 0.25) is 0 Å². The van der Waals surface area contributed by atoms with E-state index < -0.39 is 0 Å². The molecule has 0 radical (unpaired) electrons. The Bertz CT molecular complexity index is 719. The highest BCUT2D eigenvalue weighted by molar-refractivity contribution is 9.10. The van der Waals surface area contributed by atoms with Crippen LogP contribution in [0.5, 0.6) is 0 Å².